The zero-order valence-corrected chi connectivity index (χ0v) is 30.1. The summed E-state index contributed by atoms with van der Waals surface area (Å²) in [7, 11) is 0. The number of hydrogen-bond acceptors (Lipinski definition) is 2. The quantitative estimate of drug-likeness (QED) is 0.172. The van der Waals surface area contributed by atoms with Crippen molar-refractivity contribution < 1.29 is 4.42 Å². The molecule has 11 rings (SSSR count). The van der Waals surface area contributed by atoms with Gasteiger partial charge in [0.1, 0.15) is 11.2 Å². The molecule has 0 fully saturated rings. The van der Waals surface area contributed by atoms with E-state index in [1.165, 1.54) is 55.3 Å². The van der Waals surface area contributed by atoms with Gasteiger partial charge in [0.2, 0.25) is 0 Å². The molecular formula is C53H35NO. The van der Waals surface area contributed by atoms with Crippen LogP contribution in [-0.4, -0.2) is 0 Å². The van der Waals surface area contributed by atoms with Crippen molar-refractivity contribution in [2.75, 3.05) is 4.90 Å². The Labute approximate surface area is 320 Å². The molecule has 0 aliphatic heterocycles. The molecule has 258 valence electrons. The van der Waals surface area contributed by atoms with E-state index < -0.39 is 5.41 Å². The van der Waals surface area contributed by atoms with Crippen molar-refractivity contribution >= 4 is 49.8 Å². The minimum Gasteiger partial charge on any atom is -0.456 e. The van der Waals surface area contributed by atoms with Crippen LogP contribution in [0.25, 0.3) is 55.0 Å². The predicted molar refractivity (Wildman–Crippen MR) is 229 cm³/mol. The minimum absolute atomic E-state index is 0.558. The molecule has 2 nitrogen and oxygen atoms in total. The standard InChI is InChI=1S/C53H35NO/c1-4-16-36(17-5-1)38-19-14-24-42(34-38)54(41-22-8-3-9-23-41)48-28-15-29-49-51(48)46-33-31-40(35-50(46)55-49)53(39-20-6-2-7-21-39)47-27-13-12-26-44(47)45-32-30-37-18-10-11-25-43(37)52(45)53/h1-35H. The normalized spacial score (nSPS) is 14.6. The number of para-hydroxylation sites is 1. The molecule has 10 aromatic rings. The fraction of sp³-hybridized carbons (Fsp3) is 0.0189. The Morgan fingerprint density at radius 1 is 0.400 bits per heavy atom. The maximum atomic E-state index is 6.93. The number of benzene rings is 9. The van der Waals surface area contributed by atoms with Crippen molar-refractivity contribution in [2.24, 2.45) is 0 Å². The van der Waals surface area contributed by atoms with Gasteiger partial charge in [-0.25, -0.2) is 0 Å². The summed E-state index contributed by atoms with van der Waals surface area (Å²) < 4.78 is 6.93. The van der Waals surface area contributed by atoms with Gasteiger partial charge >= 0.3 is 0 Å². The zero-order valence-electron chi connectivity index (χ0n) is 30.1. The smallest absolute Gasteiger partial charge is 0.137 e. The topological polar surface area (TPSA) is 16.4 Å². The lowest BCUT2D eigenvalue weighted by atomic mass is 9.66. The van der Waals surface area contributed by atoms with Crippen LogP contribution in [-0.2, 0) is 5.41 Å². The second-order valence-electron chi connectivity index (χ2n) is 14.4. The van der Waals surface area contributed by atoms with Crippen LogP contribution in [0.5, 0.6) is 0 Å². The molecule has 0 N–H and O–H groups in total. The molecule has 1 aliphatic rings. The molecule has 1 aromatic heterocycles. The van der Waals surface area contributed by atoms with E-state index in [0.717, 1.165) is 39.0 Å². The molecule has 0 radical (unpaired) electrons. The molecular weight excluding hydrogens is 667 g/mol. The Kier molecular flexibility index (Phi) is 7.11. The first kappa shape index (κ1) is 31.4. The Balaban J connectivity index is 1.17. The summed E-state index contributed by atoms with van der Waals surface area (Å²) in [6.07, 6.45) is 0. The van der Waals surface area contributed by atoms with E-state index >= 15 is 0 Å². The summed E-state index contributed by atoms with van der Waals surface area (Å²) >= 11 is 0. The molecule has 55 heavy (non-hydrogen) atoms. The molecule has 1 unspecified atom stereocenters. The van der Waals surface area contributed by atoms with Gasteiger partial charge in [-0.05, 0) is 97.7 Å². The number of hydrogen-bond donors (Lipinski definition) is 0. The van der Waals surface area contributed by atoms with Crippen molar-refractivity contribution in [1.82, 2.24) is 0 Å². The van der Waals surface area contributed by atoms with Crippen molar-refractivity contribution in [2.45, 2.75) is 5.41 Å². The van der Waals surface area contributed by atoms with E-state index in [4.69, 9.17) is 4.42 Å². The van der Waals surface area contributed by atoms with Gasteiger partial charge < -0.3 is 9.32 Å². The summed E-state index contributed by atoms with van der Waals surface area (Å²) in [6.45, 7) is 0. The number of nitrogens with zero attached hydrogens (tertiary/aromatic N) is 1. The Hall–Kier alpha value is -7.16. The first-order chi connectivity index (χ1) is 27.3. The van der Waals surface area contributed by atoms with Crippen LogP contribution < -0.4 is 4.90 Å². The highest BCUT2D eigenvalue weighted by atomic mass is 16.3. The highest BCUT2D eigenvalue weighted by Gasteiger charge is 2.47. The van der Waals surface area contributed by atoms with E-state index in [0.29, 0.717) is 0 Å². The van der Waals surface area contributed by atoms with Gasteiger partial charge in [0.25, 0.3) is 0 Å². The third-order valence-electron chi connectivity index (χ3n) is 11.5. The van der Waals surface area contributed by atoms with Gasteiger partial charge in [-0.15, -0.1) is 0 Å². The first-order valence-corrected chi connectivity index (χ1v) is 18.9. The Bertz CT molecular complexity index is 3040. The zero-order chi connectivity index (χ0) is 36.3. The van der Waals surface area contributed by atoms with Crippen molar-refractivity contribution in [3.63, 3.8) is 0 Å². The highest BCUT2D eigenvalue weighted by Crippen LogP contribution is 2.58. The fourth-order valence-corrected chi connectivity index (χ4v) is 9.22. The van der Waals surface area contributed by atoms with E-state index in [9.17, 15) is 0 Å². The predicted octanol–water partition coefficient (Wildman–Crippen LogP) is 14.2. The van der Waals surface area contributed by atoms with Crippen LogP contribution >= 0.6 is 0 Å². The van der Waals surface area contributed by atoms with Gasteiger partial charge in [0.05, 0.1) is 16.5 Å². The number of anilines is 3. The van der Waals surface area contributed by atoms with Crippen LogP contribution in [0.4, 0.5) is 17.1 Å². The van der Waals surface area contributed by atoms with Gasteiger partial charge in [0.15, 0.2) is 0 Å². The molecule has 0 saturated carbocycles. The average Bonchev–Trinajstić information content (AvgIpc) is 3.79. The summed E-state index contributed by atoms with van der Waals surface area (Å²) in [5, 5.41) is 4.68. The maximum Gasteiger partial charge on any atom is 0.137 e. The van der Waals surface area contributed by atoms with Crippen molar-refractivity contribution in [1.29, 1.82) is 0 Å². The molecule has 0 spiro atoms. The third kappa shape index (κ3) is 4.75. The molecule has 1 atom stereocenters. The molecule has 9 aromatic carbocycles. The maximum absolute atomic E-state index is 6.93. The summed E-state index contributed by atoms with van der Waals surface area (Å²) in [6, 6.07) is 76.8. The highest BCUT2D eigenvalue weighted by molar-refractivity contribution is 6.14. The first-order valence-electron chi connectivity index (χ1n) is 18.9. The fourth-order valence-electron chi connectivity index (χ4n) is 9.22. The number of rotatable bonds is 6. The second-order valence-corrected chi connectivity index (χ2v) is 14.4. The Morgan fingerprint density at radius 3 is 1.95 bits per heavy atom. The molecule has 1 aliphatic carbocycles. The van der Waals surface area contributed by atoms with Crippen LogP contribution in [0.2, 0.25) is 0 Å². The third-order valence-corrected chi connectivity index (χ3v) is 11.5. The lowest BCUT2D eigenvalue weighted by molar-refractivity contribution is 0.666. The molecule has 1 heterocycles. The lowest BCUT2D eigenvalue weighted by Crippen LogP contribution is -2.28. The number of fused-ring (bicyclic) bond motifs is 8. The lowest BCUT2D eigenvalue weighted by Gasteiger charge is -2.34. The van der Waals surface area contributed by atoms with E-state index in [2.05, 4.69) is 217 Å². The van der Waals surface area contributed by atoms with Crippen LogP contribution in [0.3, 0.4) is 0 Å². The van der Waals surface area contributed by atoms with E-state index in [1.807, 2.05) is 0 Å². The molecule has 0 saturated heterocycles. The van der Waals surface area contributed by atoms with Gasteiger partial charge in [-0.3, -0.25) is 0 Å². The van der Waals surface area contributed by atoms with Crippen molar-refractivity contribution in [3.8, 4) is 22.3 Å². The average molecular weight is 702 g/mol. The van der Waals surface area contributed by atoms with E-state index in [-0.39, 0.29) is 0 Å². The molecule has 0 bridgehead atoms. The van der Waals surface area contributed by atoms with Crippen molar-refractivity contribution in [3.05, 3.63) is 235 Å². The van der Waals surface area contributed by atoms with Crippen LogP contribution in [0.1, 0.15) is 22.3 Å². The van der Waals surface area contributed by atoms with Crippen LogP contribution in [0.15, 0.2) is 217 Å². The minimum atomic E-state index is -0.558. The summed E-state index contributed by atoms with van der Waals surface area (Å²) in [4.78, 5) is 2.36. The summed E-state index contributed by atoms with van der Waals surface area (Å²) in [5.41, 5.74) is 14.3. The Morgan fingerprint density at radius 2 is 1.09 bits per heavy atom. The van der Waals surface area contributed by atoms with E-state index in [1.54, 1.807) is 0 Å². The monoisotopic (exact) mass is 701 g/mol. The molecule has 0 amide bonds. The SMILES string of the molecule is c1ccc(-c2cccc(N(c3ccccc3)c3cccc4oc5cc(C6(c7ccccc7)c7ccccc7-c7ccc8ccccc8c76)ccc5c34)c2)cc1. The van der Waals surface area contributed by atoms with Gasteiger partial charge in [-0.1, -0.05) is 170 Å². The number of furan rings is 1. The van der Waals surface area contributed by atoms with Gasteiger partial charge in [0, 0.05) is 16.8 Å². The largest absolute Gasteiger partial charge is 0.456 e. The second kappa shape index (κ2) is 12.5. The van der Waals surface area contributed by atoms with Crippen LogP contribution in [0, 0.1) is 0 Å². The molecule has 2 heteroatoms. The summed E-state index contributed by atoms with van der Waals surface area (Å²) in [5.74, 6) is 0. The van der Waals surface area contributed by atoms with Gasteiger partial charge in [-0.2, -0.15) is 0 Å².